The van der Waals surface area contributed by atoms with Crippen LogP contribution < -0.4 is 10.1 Å². The Morgan fingerprint density at radius 2 is 1.36 bits per heavy atom. The maximum Gasteiger partial charge on any atom is 0.359 e. The summed E-state index contributed by atoms with van der Waals surface area (Å²) in [6.07, 6.45) is -1.82. The van der Waals surface area contributed by atoms with E-state index >= 15 is 0 Å². The highest BCUT2D eigenvalue weighted by Gasteiger charge is 2.32. The van der Waals surface area contributed by atoms with Crippen LogP contribution in [0.4, 0.5) is 0 Å². The summed E-state index contributed by atoms with van der Waals surface area (Å²) in [6, 6.07) is 14.3. The van der Waals surface area contributed by atoms with Crippen molar-refractivity contribution in [2.45, 2.75) is 51.9 Å². The number of carbonyl (C=O) groups excluding carboxylic acids is 5. The minimum Gasteiger partial charge on any atom is -0.469 e. The van der Waals surface area contributed by atoms with E-state index in [9.17, 15) is 24.0 Å². The fourth-order valence-electron chi connectivity index (χ4n) is 3.31. The van der Waals surface area contributed by atoms with Gasteiger partial charge in [0.15, 0.2) is 0 Å². The number of hydrogen-bond donors (Lipinski definition) is 1. The Balaban J connectivity index is 2.12. The van der Waals surface area contributed by atoms with Crippen LogP contribution in [0.1, 0.15) is 37.8 Å². The molecule has 0 aromatic heterocycles. The first-order valence-corrected chi connectivity index (χ1v) is 12.4. The van der Waals surface area contributed by atoms with Crippen molar-refractivity contribution in [3.63, 3.8) is 0 Å². The number of benzene rings is 2. The highest BCUT2D eigenvalue weighted by Crippen LogP contribution is 2.17. The lowest BCUT2D eigenvalue weighted by atomic mass is 10.1. The van der Waals surface area contributed by atoms with Crippen LogP contribution in [0.15, 0.2) is 54.6 Å². The van der Waals surface area contributed by atoms with Crippen LogP contribution in [0.5, 0.6) is 5.75 Å². The number of esters is 4. The van der Waals surface area contributed by atoms with Gasteiger partial charge in [-0.25, -0.2) is 14.4 Å². The number of hydrogen-bond acceptors (Lipinski definition) is 10. The molecule has 0 radical (unpaired) electrons. The second-order valence-electron chi connectivity index (χ2n) is 8.14. The van der Waals surface area contributed by atoms with Gasteiger partial charge >= 0.3 is 23.9 Å². The summed E-state index contributed by atoms with van der Waals surface area (Å²) < 4.78 is 25.3. The summed E-state index contributed by atoms with van der Waals surface area (Å²) in [4.78, 5) is 61.0. The SMILES string of the molecule is CCOC(=O)C(Oc1ccc(C[C@H](NC(=O)CCC(=O)OC)C(=O)OCc2ccccc2)cc1)C(=O)OCC. The lowest BCUT2D eigenvalue weighted by Crippen LogP contribution is -2.43. The van der Waals surface area contributed by atoms with Gasteiger partial charge in [-0.1, -0.05) is 42.5 Å². The first-order valence-electron chi connectivity index (χ1n) is 12.4. The second kappa shape index (κ2) is 16.4. The van der Waals surface area contributed by atoms with Crippen LogP contribution in [0.3, 0.4) is 0 Å². The van der Waals surface area contributed by atoms with E-state index in [-0.39, 0.29) is 44.8 Å². The molecule has 1 atom stereocenters. The zero-order valence-corrected chi connectivity index (χ0v) is 22.2. The molecule has 11 nitrogen and oxygen atoms in total. The van der Waals surface area contributed by atoms with Crippen molar-refractivity contribution in [1.29, 1.82) is 0 Å². The van der Waals surface area contributed by atoms with E-state index in [2.05, 4.69) is 10.1 Å². The predicted octanol–water partition coefficient (Wildman–Crippen LogP) is 2.28. The molecule has 0 bridgehead atoms. The third-order valence-electron chi connectivity index (χ3n) is 5.25. The molecule has 0 unspecified atom stereocenters. The molecular weight excluding hydrogens is 510 g/mol. The van der Waals surface area contributed by atoms with Gasteiger partial charge in [-0.05, 0) is 37.1 Å². The summed E-state index contributed by atoms with van der Waals surface area (Å²) in [5.74, 6) is -3.29. The normalized spacial score (nSPS) is 11.2. The van der Waals surface area contributed by atoms with Gasteiger partial charge in [0, 0.05) is 12.8 Å². The average molecular weight is 544 g/mol. The maximum absolute atomic E-state index is 12.9. The van der Waals surface area contributed by atoms with E-state index in [0.717, 1.165) is 5.56 Å². The Labute approximate surface area is 226 Å². The van der Waals surface area contributed by atoms with Gasteiger partial charge < -0.3 is 29.0 Å². The molecule has 0 fully saturated rings. The number of nitrogens with one attached hydrogen (secondary N) is 1. The molecule has 2 aromatic carbocycles. The lowest BCUT2D eigenvalue weighted by molar-refractivity contribution is -0.166. The Hall–Kier alpha value is -4.41. The van der Waals surface area contributed by atoms with Crippen molar-refractivity contribution < 1.29 is 47.7 Å². The predicted molar refractivity (Wildman–Crippen MR) is 137 cm³/mol. The van der Waals surface area contributed by atoms with Gasteiger partial charge in [0.2, 0.25) is 5.91 Å². The van der Waals surface area contributed by atoms with Crippen LogP contribution in [0, 0.1) is 0 Å². The van der Waals surface area contributed by atoms with Crippen molar-refractivity contribution in [2.75, 3.05) is 20.3 Å². The van der Waals surface area contributed by atoms with Gasteiger partial charge in [0.1, 0.15) is 18.4 Å². The summed E-state index contributed by atoms with van der Waals surface area (Å²) in [7, 11) is 1.22. The molecule has 0 saturated carbocycles. The first kappa shape index (κ1) is 30.8. The van der Waals surface area contributed by atoms with Gasteiger partial charge in [0.05, 0.1) is 26.7 Å². The monoisotopic (exact) mass is 543 g/mol. The van der Waals surface area contributed by atoms with E-state index in [4.69, 9.17) is 18.9 Å². The van der Waals surface area contributed by atoms with Crippen molar-refractivity contribution in [3.8, 4) is 5.75 Å². The third-order valence-corrected chi connectivity index (χ3v) is 5.25. The van der Waals surface area contributed by atoms with E-state index in [1.165, 1.54) is 19.2 Å². The van der Waals surface area contributed by atoms with E-state index in [1.807, 2.05) is 18.2 Å². The molecule has 2 aromatic rings. The Kier molecular flexibility index (Phi) is 13.0. The Bertz CT molecular complexity index is 1080. The zero-order valence-electron chi connectivity index (χ0n) is 22.2. The van der Waals surface area contributed by atoms with Crippen LogP contribution in [-0.2, 0) is 55.9 Å². The van der Waals surface area contributed by atoms with E-state index in [0.29, 0.717) is 5.56 Å². The number of amides is 1. The molecule has 1 N–H and O–H groups in total. The molecule has 210 valence electrons. The highest BCUT2D eigenvalue weighted by atomic mass is 16.6. The standard InChI is InChI=1S/C28H33NO10/c1-4-36-27(33)25(28(34)37-5-2)39-21-13-11-19(12-14-21)17-22(29-23(30)15-16-24(31)35-3)26(32)38-18-20-9-7-6-8-10-20/h6-14,22,25H,4-5,15-18H2,1-3H3,(H,29,30)/t22-/m0/s1. The Morgan fingerprint density at radius 1 is 0.744 bits per heavy atom. The van der Waals surface area contributed by atoms with Crippen LogP contribution in [0.2, 0.25) is 0 Å². The van der Waals surface area contributed by atoms with Gasteiger partial charge in [0.25, 0.3) is 6.10 Å². The number of rotatable bonds is 15. The molecule has 39 heavy (non-hydrogen) atoms. The van der Waals surface area contributed by atoms with Crippen molar-refractivity contribution in [3.05, 3.63) is 65.7 Å². The number of methoxy groups -OCH3 is 1. The maximum atomic E-state index is 12.9. The summed E-state index contributed by atoms with van der Waals surface area (Å²) in [6.45, 7) is 3.34. The molecule has 1 amide bonds. The molecular formula is C28H33NO10. The molecule has 0 saturated heterocycles. The topological polar surface area (TPSA) is 144 Å². The first-order chi connectivity index (χ1) is 18.8. The van der Waals surface area contributed by atoms with Crippen LogP contribution in [-0.4, -0.2) is 62.3 Å². The second-order valence-corrected chi connectivity index (χ2v) is 8.14. The lowest BCUT2D eigenvalue weighted by Gasteiger charge is -2.19. The fraction of sp³-hybridized carbons (Fsp3) is 0.393. The van der Waals surface area contributed by atoms with Gasteiger partial charge in [-0.2, -0.15) is 0 Å². The summed E-state index contributed by atoms with van der Waals surface area (Å²) >= 11 is 0. The molecule has 0 aliphatic carbocycles. The smallest absolute Gasteiger partial charge is 0.359 e. The largest absolute Gasteiger partial charge is 0.469 e. The van der Waals surface area contributed by atoms with Crippen molar-refractivity contribution in [1.82, 2.24) is 5.32 Å². The van der Waals surface area contributed by atoms with Gasteiger partial charge in [-0.3, -0.25) is 9.59 Å². The Morgan fingerprint density at radius 3 is 1.92 bits per heavy atom. The van der Waals surface area contributed by atoms with Crippen molar-refractivity contribution in [2.24, 2.45) is 0 Å². The summed E-state index contributed by atoms with van der Waals surface area (Å²) in [5.41, 5.74) is 1.40. The number of ether oxygens (including phenoxy) is 5. The third kappa shape index (κ3) is 10.8. The van der Waals surface area contributed by atoms with E-state index < -0.39 is 41.9 Å². The molecule has 2 rings (SSSR count). The average Bonchev–Trinajstić information content (AvgIpc) is 2.94. The zero-order chi connectivity index (χ0) is 28.6. The highest BCUT2D eigenvalue weighted by molar-refractivity contribution is 5.98. The van der Waals surface area contributed by atoms with Crippen LogP contribution in [0.25, 0.3) is 0 Å². The minimum atomic E-state index is -1.59. The molecule has 0 aliphatic rings. The molecule has 0 spiro atoms. The molecule has 0 heterocycles. The quantitative estimate of drug-likeness (QED) is 0.202. The van der Waals surface area contributed by atoms with Gasteiger partial charge in [-0.15, -0.1) is 0 Å². The minimum absolute atomic E-state index is 0.0179. The summed E-state index contributed by atoms with van der Waals surface area (Å²) in [5, 5.41) is 2.61. The van der Waals surface area contributed by atoms with E-state index in [1.54, 1.807) is 38.1 Å². The molecule has 0 aliphatic heterocycles. The van der Waals surface area contributed by atoms with Crippen LogP contribution >= 0.6 is 0 Å². The number of carbonyl (C=O) groups is 5. The fourth-order valence-corrected chi connectivity index (χ4v) is 3.31. The van der Waals surface area contributed by atoms with Crippen molar-refractivity contribution >= 4 is 29.8 Å². The molecule has 11 heteroatoms.